The Hall–Kier alpha value is -2.31. The Morgan fingerprint density at radius 1 is 1.11 bits per heavy atom. The maximum absolute atomic E-state index is 12.7. The zero-order valence-electron chi connectivity index (χ0n) is 15.9. The molecule has 1 aromatic carbocycles. The van der Waals surface area contributed by atoms with Gasteiger partial charge < -0.3 is 9.30 Å². The number of thioether (sulfide) groups is 1. The standard InChI is InChI=1S/C21H24N2O3S/c1-15-13-18(16(2)22(15)11-12-26-3)14-19-20(24)23(21(25)27-19)10-9-17-7-5-4-6-8-17/h4-8,13-14H,9-12H2,1-3H3/b19-14-. The van der Waals surface area contributed by atoms with E-state index in [9.17, 15) is 9.59 Å². The van der Waals surface area contributed by atoms with Gasteiger partial charge >= 0.3 is 0 Å². The van der Waals surface area contributed by atoms with Crippen LogP contribution in [0.2, 0.25) is 0 Å². The van der Waals surface area contributed by atoms with E-state index in [0.29, 0.717) is 24.5 Å². The Morgan fingerprint density at radius 3 is 2.56 bits per heavy atom. The lowest BCUT2D eigenvalue weighted by Gasteiger charge is -2.12. The molecule has 1 saturated heterocycles. The van der Waals surface area contributed by atoms with Crippen LogP contribution in [0.1, 0.15) is 22.5 Å². The number of imide groups is 1. The van der Waals surface area contributed by atoms with Crippen molar-refractivity contribution < 1.29 is 14.3 Å². The summed E-state index contributed by atoms with van der Waals surface area (Å²) in [6.45, 7) is 5.85. The van der Waals surface area contributed by atoms with Gasteiger partial charge in [0.2, 0.25) is 0 Å². The van der Waals surface area contributed by atoms with E-state index in [1.54, 1.807) is 7.11 Å². The molecule has 2 aromatic rings. The van der Waals surface area contributed by atoms with Crippen molar-refractivity contribution >= 4 is 29.0 Å². The van der Waals surface area contributed by atoms with Crippen LogP contribution >= 0.6 is 11.8 Å². The Balaban J connectivity index is 1.74. The molecule has 3 rings (SSSR count). The molecule has 2 amide bonds. The largest absolute Gasteiger partial charge is 0.383 e. The number of carbonyl (C=O) groups is 2. The molecule has 1 aromatic heterocycles. The second-order valence-electron chi connectivity index (χ2n) is 6.54. The molecule has 142 valence electrons. The van der Waals surface area contributed by atoms with Gasteiger partial charge in [-0.25, -0.2) is 0 Å². The number of nitrogens with zero attached hydrogens (tertiary/aromatic N) is 2. The molecule has 0 spiro atoms. The topological polar surface area (TPSA) is 51.5 Å². The molecule has 0 N–H and O–H groups in total. The van der Waals surface area contributed by atoms with E-state index >= 15 is 0 Å². The summed E-state index contributed by atoms with van der Waals surface area (Å²) >= 11 is 1.02. The van der Waals surface area contributed by atoms with Crippen LogP contribution in [0.3, 0.4) is 0 Å². The molecule has 2 heterocycles. The number of methoxy groups -OCH3 is 1. The van der Waals surface area contributed by atoms with Crippen LogP contribution in [0.15, 0.2) is 41.3 Å². The fourth-order valence-electron chi connectivity index (χ4n) is 3.22. The number of carbonyl (C=O) groups excluding carboxylic acids is 2. The van der Waals surface area contributed by atoms with Crippen molar-refractivity contribution in [1.82, 2.24) is 9.47 Å². The lowest BCUT2D eigenvalue weighted by molar-refractivity contribution is -0.122. The molecule has 0 unspecified atom stereocenters. The van der Waals surface area contributed by atoms with Gasteiger partial charge in [0.05, 0.1) is 11.5 Å². The Morgan fingerprint density at radius 2 is 1.85 bits per heavy atom. The van der Waals surface area contributed by atoms with Gasteiger partial charge in [0, 0.05) is 31.6 Å². The fourth-order valence-corrected chi connectivity index (χ4v) is 4.08. The van der Waals surface area contributed by atoms with E-state index in [1.165, 1.54) is 4.90 Å². The van der Waals surface area contributed by atoms with E-state index < -0.39 is 0 Å². The van der Waals surface area contributed by atoms with Crippen molar-refractivity contribution in [2.45, 2.75) is 26.8 Å². The third kappa shape index (κ3) is 4.34. The van der Waals surface area contributed by atoms with Gasteiger partial charge in [-0.2, -0.15) is 0 Å². The Kier molecular flexibility index (Phi) is 6.19. The summed E-state index contributed by atoms with van der Waals surface area (Å²) in [5.74, 6) is -0.206. The third-order valence-corrected chi connectivity index (χ3v) is 5.67. The predicted molar refractivity (Wildman–Crippen MR) is 109 cm³/mol. The van der Waals surface area contributed by atoms with Gasteiger partial charge in [-0.1, -0.05) is 30.3 Å². The molecule has 0 aliphatic carbocycles. The molecular formula is C21H24N2O3S. The molecule has 1 fully saturated rings. The van der Waals surface area contributed by atoms with E-state index in [1.807, 2.05) is 56.3 Å². The van der Waals surface area contributed by atoms with Gasteiger partial charge in [-0.05, 0) is 55.3 Å². The minimum absolute atomic E-state index is 0.199. The average Bonchev–Trinajstić information content (AvgIpc) is 3.08. The van der Waals surface area contributed by atoms with Crippen molar-refractivity contribution in [2.24, 2.45) is 0 Å². The zero-order chi connectivity index (χ0) is 19.4. The highest BCUT2D eigenvalue weighted by Crippen LogP contribution is 2.33. The van der Waals surface area contributed by atoms with Crippen LogP contribution in [-0.2, 0) is 22.5 Å². The minimum Gasteiger partial charge on any atom is -0.383 e. The van der Waals surface area contributed by atoms with Crippen LogP contribution < -0.4 is 0 Å². The summed E-state index contributed by atoms with van der Waals surface area (Å²) in [6, 6.07) is 11.9. The fraction of sp³-hybridized carbons (Fsp3) is 0.333. The molecule has 27 heavy (non-hydrogen) atoms. The van der Waals surface area contributed by atoms with Crippen molar-refractivity contribution in [2.75, 3.05) is 20.3 Å². The van der Waals surface area contributed by atoms with Crippen molar-refractivity contribution in [3.8, 4) is 0 Å². The van der Waals surface area contributed by atoms with E-state index in [2.05, 4.69) is 4.57 Å². The maximum atomic E-state index is 12.7. The highest BCUT2D eigenvalue weighted by atomic mass is 32.2. The molecule has 5 nitrogen and oxygen atoms in total. The lowest BCUT2D eigenvalue weighted by atomic mass is 10.1. The monoisotopic (exact) mass is 384 g/mol. The summed E-state index contributed by atoms with van der Waals surface area (Å²) in [7, 11) is 1.68. The predicted octanol–water partition coefficient (Wildman–Crippen LogP) is 4.03. The van der Waals surface area contributed by atoms with Gasteiger partial charge in [-0.3, -0.25) is 14.5 Å². The van der Waals surface area contributed by atoms with Crippen LogP contribution in [0, 0.1) is 13.8 Å². The normalized spacial score (nSPS) is 16.0. The van der Waals surface area contributed by atoms with Crippen molar-refractivity contribution in [3.63, 3.8) is 0 Å². The van der Waals surface area contributed by atoms with Crippen molar-refractivity contribution in [3.05, 3.63) is 63.8 Å². The van der Waals surface area contributed by atoms with Crippen LogP contribution in [0.5, 0.6) is 0 Å². The quantitative estimate of drug-likeness (QED) is 0.677. The maximum Gasteiger partial charge on any atom is 0.293 e. The molecule has 0 saturated carbocycles. The number of benzene rings is 1. The molecule has 0 atom stereocenters. The summed E-state index contributed by atoms with van der Waals surface area (Å²) in [4.78, 5) is 26.8. The number of hydrogen-bond acceptors (Lipinski definition) is 4. The first-order valence-corrected chi connectivity index (χ1v) is 9.78. The second kappa shape index (κ2) is 8.59. The number of amides is 2. The summed E-state index contributed by atoms with van der Waals surface area (Å²) in [5.41, 5.74) is 4.26. The van der Waals surface area contributed by atoms with E-state index in [0.717, 1.165) is 40.8 Å². The number of ether oxygens (including phenoxy) is 1. The minimum atomic E-state index is -0.206. The zero-order valence-corrected chi connectivity index (χ0v) is 16.7. The van der Waals surface area contributed by atoms with Gasteiger partial charge in [0.1, 0.15) is 0 Å². The SMILES string of the molecule is COCCn1c(C)cc(/C=C2\SC(=O)N(CCc3ccccc3)C2=O)c1C. The Labute approximate surface area is 164 Å². The number of rotatable bonds is 7. The molecule has 0 radical (unpaired) electrons. The molecule has 1 aliphatic rings. The molecule has 6 heteroatoms. The van der Waals surface area contributed by atoms with Gasteiger partial charge in [-0.15, -0.1) is 0 Å². The summed E-state index contributed by atoms with van der Waals surface area (Å²) < 4.78 is 7.32. The summed E-state index contributed by atoms with van der Waals surface area (Å²) in [5, 5.41) is -0.199. The average molecular weight is 385 g/mol. The second-order valence-corrected chi connectivity index (χ2v) is 7.53. The van der Waals surface area contributed by atoms with Crippen molar-refractivity contribution in [1.29, 1.82) is 0 Å². The van der Waals surface area contributed by atoms with Crippen LogP contribution in [0.4, 0.5) is 4.79 Å². The van der Waals surface area contributed by atoms with Gasteiger partial charge in [0.25, 0.3) is 11.1 Å². The number of hydrogen-bond donors (Lipinski definition) is 0. The first kappa shape index (κ1) is 19.5. The van der Waals surface area contributed by atoms with Crippen LogP contribution in [0.25, 0.3) is 6.08 Å². The van der Waals surface area contributed by atoms with Gasteiger partial charge in [0.15, 0.2) is 0 Å². The molecular weight excluding hydrogens is 360 g/mol. The lowest BCUT2D eigenvalue weighted by Crippen LogP contribution is -2.30. The Bertz CT molecular complexity index is 871. The molecule has 0 bridgehead atoms. The number of aromatic nitrogens is 1. The van der Waals surface area contributed by atoms with Crippen LogP contribution in [-0.4, -0.2) is 40.9 Å². The first-order chi connectivity index (χ1) is 13.0. The first-order valence-electron chi connectivity index (χ1n) is 8.96. The smallest absolute Gasteiger partial charge is 0.293 e. The summed E-state index contributed by atoms with van der Waals surface area (Å²) in [6.07, 6.45) is 2.50. The third-order valence-electron chi connectivity index (χ3n) is 4.76. The van der Waals surface area contributed by atoms with E-state index in [-0.39, 0.29) is 11.1 Å². The van der Waals surface area contributed by atoms with E-state index in [4.69, 9.17) is 4.74 Å². The highest BCUT2D eigenvalue weighted by molar-refractivity contribution is 8.18. The molecule has 1 aliphatic heterocycles. The highest BCUT2D eigenvalue weighted by Gasteiger charge is 2.34. The number of aryl methyl sites for hydroxylation is 1.